The maximum absolute atomic E-state index is 13.0. The summed E-state index contributed by atoms with van der Waals surface area (Å²) in [6.07, 6.45) is 0. The molecule has 10 heteroatoms. The van der Waals surface area contributed by atoms with Gasteiger partial charge in [0.2, 0.25) is 17.8 Å². The number of rotatable bonds is 4. The van der Waals surface area contributed by atoms with Crippen LogP contribution in [0, 0.1) is 5.82 Å². The zero-order valence-electron chi connectivity index (χ0n) is 13.0. The first-order valence-corrected chi connectivity index (χ1v) is 6.94. The molecule has 1 aromatic carbocycles. The lowest BCUT2D eigenvalue weighted by Crippen LogP contribution is -2.21. The Labute approximate surface area is 135 Å². The van der Waals surface area contributed by atoms with Crippen molar-refractivity contribution in [2.24, 2.45) is 0 Å². The minimum absolute atomic E-state index is 0.0307. The van der Waals surface area contributed by atoms with Crippen molar-refractivity contribution >= 4 is 11.9 Å². The van der Waals surface area contributed by atoms with Crippen molar-refractivity contribution < 1.29 is 8.81 Å². The van der Waals surface area contributed by atoms with Gasteiger partial charge in [0, 0.05) is 19.7 Å². The first kappa shape index (κ1) is 15.6. The molecule has 0 spiro atoms. The van der Waals surface area contributed by atoms with E-state index in [1.54, 1.807) is 19.0 Å². The molecular weight excluding hydrogens is 317 g/mol. The number of halogens is 1. The fraction of sp³-hybridized carbons (Fsp3) is 0.214. The topological polar surface area (TPSA) is 116 Å². The van der Waals surface area contributed by atoms with E-state index in [0.717, 1.165) is 4.68 Å². The number of anilines is 2. The summed E-state index contributed by atoms with van der Waals surface area (Å²) in [7, 11) is 3.51. The fourth-order valence-electron chi connectivity index (χ4n) is 1.95. The number of nitrogens with two attached hydrogens (primary N) is 1. The quantitative estimate of drug-likeness (QED) is 0.735. The van der Waals surface area contributed by atoms with Gasteiger partial charge in [0.05, 0.1) is 0 Å². The molecule has 0 aliphatic heterocycles. The number of nitrogen functional groups attached to an aromatic ring is 1. The summed E-state index contributed by atoms with van der Waals surface area (Å²) in [5.74, 6) is -0.314. The Morgan fingerprint density at radius 3 is 2.58 bits per heavy atom. The third-order valence-electron chi connectivity index (χ3n) is 3.08. The molecule has 0 saturated carbocycles. The minimum Gasteiger partial charge on any atom is -0.388 e. The second-order valence-electron chi connectivity index (χ2n) is 5.14. The summed E-state index contributed by atoms with van der Waals surface area (Å²) in [6, 6.07) is 5.45. The smallest absolute Gasteiger partial charge is 0.388 e. The van der Waals surface area contributed by atoms with Crippen LogP contribution in [0.5, 0.6) is 0 Å². The molecule has 3 rings (SSSR count). The Morgan fingerprint density at radius 2 is 1.92 bits per heavy atom. The van der Waals surface area contributed by atoms with Gasteiger partial charge >= 0.3 is 5.76 Å². The third kappa shape index (κ3) is 3.21. The summed E-state index contributed by atoms with van der Waals surface area (Å²) >= 11 is 0. The molecule has 0 bridgehead atoms. The van der Waals surface area contributed by atoms with E-state index in [0.29, 0.717) is 11.5 Å². The molecule has 9 nitrogen and oxygen atoms in total. The Kier molecular flexibility index (Phi) is 3.94. The lowest BCUT2D eigenvalue weighted by Gasteiger charge is -2.10. The Bertz CT molecular complexity index is 918. The molecule has 0 fully saturated rings. The molecule has 3 aromatic rings. The van der Waals surface area contributed by atoms with Gasteiger partial charge in [-0.3, -0.25) is 0 Å². The normalized spacial score (nSPS) is 10.8. The second kappa shape index (κ2) is 6.07. The van der Waals surface area contributed by atoms with Gasteiger partial charge in [-0.25, -0.2) is 9.18 Å². The predicted octanol–water partition coefficient (Wildman–Crippen LogP) is 0.524. The summed E-state index contributed by atoms with van der Waals surface area (Å²) in [4.78, 5) is 25.8. The van der Waals surface area contributed by atoms with Crippen molar-refractivity contribution in [1.29, 1.82) is 0 Å². The van der Waals surface area contributed by atoms with Crippen LogP contribution in [0.4, 0.5) is 16.3 Å². The van der Waals surface area contributed by atoms with Crippen LogP contribution in [0.3, 0.4) is 0 Å². The molecule has 2 heterocycles. The van der Waals surface area contributed by atoms with Gasteiger partial charge in [0.25, 0.3) is 0 Å². The Balaban J connectivity index is 1.91. The lowest BCUT2D eigenvalue weighted by molar-refractivity contribution is 0.491. The van der Waals surface area contributed by atoms with Crippen LogP contribution >= 0.6 is 0 Å². The van der Waals surface area contributed by atoms with E-state index in [9.17, 15) is 9.18 Å². The van der Waals surface area contributed by atoms with Gasteiger partial charge in [0.1, 0.15) is 12.4 Å². The van der Waals surface area contributed by atoms with Gasteiger partial charge in [-0.05, 0) is 24.3 Å². The molecule has 2 N–H and O–H groups in total. The van der Waals surface area contributed by atoms with Crippen LogP contribution < -0.4 is 16.4 Å². The second-order valence-corrected chi connectivity index (χ2v) is 5.14. The highest BCUT2D eigenvalue weighted by atomic mass is 19.1. The molecule has 0 saturated heterocycles. The molecule has 124 valence electrons. The highest BCUT2D eigenvalue weighted by Crippen LogP contribution is 2.16. The minimum atomic E-state index is -0.681. The maximum atomic E-state index is 13.0. The van der Waals surface area contributed by atoms with Gasteiger partial charge in [0.15, 0.2) is 5.82 Å². The predicted molar refractivity (Wildman–Crippen MR) is 83.8 cm³/mol. The summed E-state index contributed by atoms with van der Waals surface area (Å²) in [6.45, 7) is -0.0307. The van der Waals surface area contributed by atoms with Crippen LogP contribution in [-0.4, -0.2) is 38.8 Å². The van der Waals surface area contributed by atoms with E-state index in [4.69, 9.17) is 10.2 Å². The van der Waals surface area contributed by atoms with E-state index in [-0.39, 0.29) is 24.2 Å². The standard InChI is InChI=1S/C14H14FN7O2/c1-21(2)13-18-10(17-12(16)19-13)7-22-14(23)24-11(20-22)8-3-5-9(15)6-4-8/h3-6H,7H2,1-2H3,(H2,16,17,18,19). The first-order valence-electron chi connectivity index (χ1n) is 6.94. The molecule has 0 atom stereocenters. The average Bonchev–Trinajstić information content (AvgIpc) is 2.88. The van der Waals surface area contributed by atoms with Crippen molar-refractivity contribution in [1.82, 2.24) is 24.7 Å². The van der Waals surface area contributed by atoms with E-state index in [2.05, 4.69) is 20.1 Å². The Morgan fingerprint density at radius 1 is 1.21 bits per heavy atom. The van der Waals surface area contributed by atoms with Crippen molar-refractivity contribution in [3.8, 4) is 11.5 Å². The molecular formula is C14H14FN7O2. The van der Waals surface area contributed by atoms with Crippen molar-refractivity contribution in [3.63, 3.8) is 0 Å². The van der Waals surface area contributed by atoms with E-state index in [1.807, 2.05) is 0 Å². The van der Waals surface area contributed by atoms with Crippen LogP contribution in [0.2, 0.25) is 0 Å². The van der Waals surface area contributed by atoms with Crippen LogP contribution in [0.15, 0.2) is 33.5 Å². The van der Waals surface area contributed by atoms with Crippen LogP contribution in [-0.2, 0) is 6.54 Å². The summed E-state index contributed by atoms with van der Waals surface area (Å²) < 4.78 is 19.1. The lowest BCUT2D eigenvalue weighted by atomic mass is 10.2. The SMILES string of the molecule is CN(C)c1nc(N)nc(Cn2nc(-c3ccc(F)cc3)oc2=O)n1. The maximum Gasteiger partial charge on any atom is 0.437 e. The van der Waals surface area contributed by atoms with Crippen LogP contribution in [0.1, 0.15) is 5.82 Å². The number of benzene rings is 1. The number of aromatic nitrogens is 5. The third-order valence-corrected chi connectivity index (χ3v) is 3.08. The number of hydrogen-bond acceptors (Lipinski definition) is 8. The molecule has 0 aliphatic carbocycles. The monoisotopic (exact) mass is 331 g/mol. The molecule has 24 heavy (non-hydrogen) atoms. The Hall–Kier alpha value is -3.30. The summed E-state index contributed by atoms with van der Waals surface area (Å²) in [5, 5.41) is 4.07. The van der Waals surface area contributed by atoms with Crippen molar-refractivity contribution in [2.45, 2.75) is 6.54 Å². The highest BCUT2D eigenvalue weighted by molar-refractivity contribution is 5.51. The van der Waals surface area contributed by atoms with Crippen LogP contribution in [0.25, 0.3) is 11.5 Å². The van der Waals surface area contributed by atoms with Crippen molar-refractivity contribution in [3.05, 3.63) is 46.5 Å². The molecule has 0 amide bonds. The van der Waals surface area contributed by atoms with E-state index in [1.165, 1.54) is 24.3 Å². The van der Waals surface area contributed by atoms with Gasteiger partial charge in [-0.2, -0.15) is 19.6 Å². The molecule has 0 aliphatic rings. The molecule has 0 unspecified atom stereocenters. The fourth-order valence-corrected chi connectivity index (χ4v) is 1.95. The van der Waals surface area contributed by atoms with Gasteiger partial charge in [-0.1, -0.05) is 0 Å². The average molecular weight is 331 g/mol. The summed E-state index contributed by atoms with van der Waals surface area (Å²) in [5.41, 5.74) is 6.13. The zero-order valence-corrected chi connectivity index (χ0v) is 13.0. The zero-order chi connectivity index (χ0) is 17.3. The molecule has 0 radical (unpaired) electrons. The van der Waals surface area contributed by atoms with Crippen molar-refractivity contribution in [2.75, 3.05) is 24.7 Å². The van der Waals surface area contributed by atoms with E-state index >= 15 is 0 Å². The number of nitrogens with zero attached hydrogens (tertiary/aromatic N) is 6. The van der Waals surface area contributed by atoms with E-state index < -0.39 is 11.6 Å². The largest absolute Gasteiger partial charge is 0.437 e. The van der Waals surface area contributed by atoms with Gasteiger partial charge in [-0.15, -0.1) is 5.10 Å². The molecule has 2 aromatic heterocycles. The highest BCUT2D eigenvalue weighted by Gasteiger charge is 2.13. The number of hydrogen-bond donors (Lipinski definition) is 1. The van der Waals surface area contributed by atoms with Gasteiger partial charge < -0.3 is 15.1 Å². The first-order chi connectivity index (χ1) is 11.4.